The zero-order valence-corrected chi connectivity index (χ0v) is 19.4. The van der Waals surface area contributed by atoms with Gasteiger partial charge in [0, 0.05) is 68.7 Å². The zero-order chi connectivity index (χ0) is 23.4. The Labute approximate surface area is 198 Å². The second-order valence-corrected chi connectivity index (χ2v) is 9.71. The average Bonchev–Trinajstić information content (AvgIpc) is 2.81. The van der Waals surface area contributed by atoms with Gasteiger partial charge in [-0.1, -0.05) is 11.6 Å². The van der Waals surface area contributed by atoms with Crippen molar-refractivity contribution in [3.63, 3.8) is 0 Å². The maximum absolute atomic E-state index is 13.5. The Kier molecular flexibility index (Phi) is 7.74. The molecule has 33 heavy (non-hydrogen) atoms. The van der Waals surface area contributed by atoms with E-state index in [-0.39, 0.29) is 61.9 Å². The fourth-order valence-electron chi connectivity index (χ4n) is 4.96. The number of ether oxygens (including phenoxy) is 2. The molecule has 9 heteroatoms. The first-order valence-electron chi connectivity index (χ1n) is 11.7. The van der Waals surface area contributed by atoms with E-state index in [2.05, 4.69) is 0 Å². The Morgan fingerprint density at radius 2 is 1.70 bits per heavy atom. The van der Waals surface area contributed by atoms with Gasteiger partial charge in [-0.3, -0.25) is 9.59 Å². The fraction of sp³-hybridized carbons (Fsp3) is 0.667. The first-order chi connectivity index (χ1) is 15.8. The number of benzene rings is 1. The molecule has 3 aliphatic rings. The summed E-state index contributed by atoms with van der Waals surface area (Å²) in [6.07, 6.45) is 0.574. The van der Waals surface area contributed by atoms with Crippen LogP contribution in [0.4, 0.5) is 8.78 Å². The monoisotopic (exact) mass is 484 g/mol. The molecule has 1 aliphatic carbocycles. The highest BCUT2D eigenvalue weighted by Crippen LogP contribution is 2.37. The molecular formula is C24H31ClF2N2O4. The summed E-state index contributed by atoms with van der Waals surface area (Å²) < 4.78 is 38.7. The third-order valence-corrected chi connectivity index (χ3v) is 7.20. The van der Waals surface area contributed by atoms with E-state index >= 15 is 0 Å². The van der Waals surface area contributed by atoms with Crippen molar-refractivity contribution < 1.29 is 27.8 Å². The van der Waals surface area contributed by atoms with Crippen LogP contribution in [0.5, 0.6) is 5.75 Å². The Balaban J connectivity index is 1.43. The van der Waals surface area contributed by atoms with Crippen LogP contribution in [0.1, 0.15) is 38.5 Å². The first kappa shape index (κ1) is 24.2. The number of rotatable bonds is 5. The van der Waals surface area contributed by atoms with Crippen molar-refractivity contribution in [2.75, 3.05) is 39.4 Å². The van der Waals surface area contributed by atoms with Crippen LogP contribution < -0.4 is 4.74 Å². The summed E-state index contributed by atoms with van der Waals surface area (Å²) >= 11 is 5.98. The standard InChI is InChI=1S/C24H31ClF2N2O4/c25-19-1-3-20(4-2-19)33-21-7-10-29(23(31)17-5-8-24(26,27)9-6-17)16-18(21)15-22(30)28-11-13-32-14-12-28/h1-4,17-18,21H,5-16H2/t18-,21-/m0/s1. The van der Waals surface area contributed by atoms with Crippen LogP contribution in [-0.4, -0.2) is 73.0 Å². The van der Waals surface area contributed by atoms with Gasteiger partial charge in [-0.2, -0.15) is 0 Å². The number of nitrogens with zero attached hydrogens (tertiary/aromatic N) is 2. The summed E-state index contributed by atoms with van der Waals surface area (Å²) in [5, 5.41) is 0.611. The van der Waals surface area contributed by atoms with Crippen LogP contribution in [0, 0.1) is 11.8 Å². The number of hydrogen-bond acceptors (Lipinski definition) is 4. The minimum atomic E-state index is -2.66. The van der Waals surface area contributed by atoms with E-state index in [1.165, 1.54) is 0 Å². The molecule has 1 aromatic carbocycles. The minimum Gasteiger partial charge on any atom is -0.490 e. The molecule has 2 heterocycles. The third kappa shape index (κ3) is 6.35. The summed E-state index contributed by atoms with van der Waals surface area (Å²) in [5.74, 6) is -2.59. The van der Waals surface area contributed by atoms with Crippen molar-refractivity contribution in [2.24, 2.45) is 11.8 Å². The molecule has 0 unspecified atom stereocenters. The van der Waals surface area contributed by atoms with E-state index in [0.717, 1.165) is 0 Å². The van der Waals surface area contributed by atoms with Gasteiger partial charge in [0.2, 0.25) is 17.7 Å². The van der Waals surface area contributed by atoms with Crippen molar-refractivity contribution in [2.45, 2.75) is 50.6 Å². The number of likely N-dealkylation sites (tertiary alicyclic amines) is 1. The number of amides is 2. The Morgan fingerprint density at radius 3 is 2.36 bits per heavy atom. The first-order valence-corrected chi connectivity index (χ1v) is 12.1. The normalized spacial score (nSPS) is 26.2. The second kappa shape index (κ2) is 10.6. The van der Waals surface area contributed by atoms with Gasteiger partial charge in [0.1, 0.15) is 11.9 Å². The largest absolute Gasteiger partial charge is 0.490 e. The number of hydrogen-bond donors (Lipinski definition) is 0. The molecule has 0 radical (unpaired) electrons. The molecule has 4 rings (SSSR count). The van der Waals surface area contributed by atoms with Crippen LogP contribution in [-0.2, 0) is 14.3 Å². The van der Waals surface area contributed by atoms with Crippen molar-refractivity contribution in [1.82, 2.24) is 9.80 Å². The van der Waals surface area contributed by atoms with E-state index in [0.29, 0.717) is 56.6 Å². The molecule has 0 bridgehead atoms. The van der Waals surface area contributed by atoms with Crippen LogP contribution in [0.2, 0.25) is 5.02 Å². The molecule has 2 saturated heterocycles. The predicted octanol–water partition coefficient (Wildman–Crippen LogP) is 4.01. The highest BCUT2D eigenvalue weighted by atomic mass is 35.5. The van der Waals surface area contributed by atoms with Gasteiger partial charge in [-0.15, -0.1) is 0 Å². The SMILES string of the molecule is O=C(C[C@H]1CN(C(=O)C2CCC(F)(F)CC2)CC[C@@H]1Oc1ccc(Cl)cc1)N1CCOCC1. The molecule has 0 aromatic heterocycles. The van der Waals surface area contributed by atoms with E-state index in [4.69, 9.17) is 21.1 Å². The average molecular weight is 485 g/mol. The molecule has 2 amide bonds. The second-order valence-electron chi connectivity index (χ2n) is 9.27. The fourth-order valence-corrected chi connectivity index (χ4v) is 5.09. The topological polar surface area (TPSA) is 59.1 Å². The molecule has 1 saturated carbocycles. The van der Waals surface area contributed by atoms with Crippen molar-refractivity contribution in [1.29, 1.82) is 0 Å². The Morgan fingerprint density at radius 1 is 1.03 bits per heavy atom. The van der Waals surface area contributed by atoms with Gasteiger partial charge in [0.15, 0.2) is 0 Å². The predicted molar refractivity (Wildman–Crippen MR) is 119 cm³/mol. The lowest BCUT2D eigenvalue weighted by Gasteiger charge is -2.41. The number of carbonyl (C=O) groups excluding carboxylic acids is 2. The van der Waals surface area contributed by atoms with Gasteiger partial charge in [-0.05, 0) is 37.1 Å². The molecule has 6 nitrogen and oxygen atoms in total. The lowest BCUT2D eigenvalue weighted by molar-refractivity contribution is -0.146. The smallest absolute Gasteiger partial charge is 0.248 e. The van der Waals surface area contributed by atoms with Gasteiger partial charge < -0.3 is 19.3 Å². The molecule has 1 aromatic rings. The molecule has 3 fully saturated rings. The highest BCUT2D eigenvalue weighted by molar-refractivity contribution is 6.30. The number of carbonyl (C=O) groups is 2. The van der Waals surface area contributed by atoms with Gasteiger partial charge in [-0.25, -0.2) is 8.78 Å². The maximum atomic E-state index is 13.5. The number of halogens is 3. The van der Waals surface area contributed by atoms with Crippen LogP contribution in [0.25, 0.3) is 0 Å². The van der Waals surface area contributed by atoms with Crippen molar-refractivity contribution in [3.8, 4) is 5.75 Å². The van der Waals surface area contributed by atoms with Crippen molar-refractivity contribution >= 4 is 23.4 Å². The Hall–Kier alpha value is -1.93. The Bertz CT molecular complexity index is 822. The summed E-state index contributed by atoms with van der Waals surface area (Å²) in [6, 6.07) is 7.09. The molecule has 0 spiro atoms. The molecule has 182 valence electrons. The highest BCUT2D eigenvalue weighted by Gasteiger charge is 2.41. The summed E-state index contributed by atoms with van der Waals surface area (Å²) in [5.41, 5.74) is 0. The van der Waals surface area contributed by atoms with Gasteiger partial charge in [0.25, 0.3) is 0 Å². The number of piperidine rings is 1. The summed E-state index contributed by atoms with van der Waals surface area (Å²) in [6.45, 7) is 3.06. The lowest BCUT2D eigenvalue weighted by Crippen LogP contribution is -2.52. The van der Waals surface area contributed by atoms with Crippen LogP contribution in [0.15, 0.2) is 24.3 Å². The van der Waals surface area contributed by atoms with E-state index < -0.39 is 5.92 Å². The van der Waals surface area contributed by atoms with Gasteiger partial charge >= 0.3 is 0 Å². The summed E-state index contributed by atoms with van der Waals surface area (Å²) in [7, 11) is 0. The van der Waals surface area contributed by atoms with Crippen LogP contribution >= 0.6 is 11.6 Å². The number of morpholine rings is 1. The van der Waals surface area contributed by atoms with Crippen LogP contribution in [0.3, 0.4) is 0 Å². The third-order valence-electron chi connectivity index (χ3n) is 6.94. The zero-order valence-electron chi connectivity index (χ0n) is 18.7. The molecule has 2 atom stereocenters. The van der Waals surface area contributed by atoms with Crippen molar-refractivity contribution in [3.05, 3.63) is 29.3 Å². The lowest BCUT2D eigenvalue weighted by atomic mass is 9.84. The molecule has 0 N–H and O–H groups in total. The quantitative estimate of drug-likeness (QED) is 0.633. The maximum Gasteiger partial charge on any atom is 0.248 e. The van der Waals surface area contributed by atoms with E-state index in [1.807, 2.05) is 0 Å². The molecule has 2 aliphatic heterocycles. The van der Waals surface area contributed by atoms with Gasteiger partial charge in [0.05, 0.1) is 13.2 Å². The van der Waals surface area contributed by atoms with E-state index in [9.17, 15) is 18.4 Å². The molecular weight excluding hydrogens is 454 g/mol. The summed E-state index contributed by atoms with van der Waals surface area (Å²) in [4.78, 5) is 29.6. The minimum absolute atomic E-state index is 0.0274. The van der Waals surface area contributed by atoms with E-state index in [1.54, 1.807) is 34.1 Å². The number of alkyl halides is 2.